The van der Waals surface area contributed by atoms with Crippen molar-refractivity contribution in [3.63, 3.8) is 0 Å². The summed E-state index contributed by atoms with van der Waals surface area (Å²) in [4.78, 5) is 18.8. The summed E-state index contributed by atoms with van der Waals surface area (Å²) in [6.45, 7) is 0. The maximum atomic E-state index is 10.2. The van der Waals surface area contributed by atoms with Crippen LogP contribution in [-0.2, 0) is 0 Å². The predicted octanol–water partition coefficient (Wildman–Crippen LogP) is -1.00. The molecule has 0 spiro atoms. The number of aromatic nitrogens is 2. The van der Waals surface area contributed by atoms with E-state index < -0.39 is 27.2 Å². The molecule has 1 aromatic rings. The van der Waals surface area contributed by atoms with Gasteiger partial charge in [-0.05, 0) is 9.85 Å². The first kappa shape index (κ1) is 8.70. The summed E-state index contributed by atoms with van der Waals surface area (Å²) in [5.74, 6) is 3.34. The standard InChI is InChI=1S/C3H4N6O4/c4-1-2(8(10)11)6-7(5)3(1)9(12)13/h4-5H2. The average Bonchev–Trinajstić information content (AvgIpc) is 2.26. The van der Waals surface area contributed by atoms with E-state index in [0.29, 0.717) is 0 Å². The zero-order valence-electron chi connectivity index (χ0n) is 6.08. The highest BCUT2D eigenvalue weighted by atomic mass is 16.6. The molecule has 13 heavy (non-hydrogen) atoms. The molecule has 0 unspecified atom stereocenters. The van der Waals surface area contributed by atoms with Crippen LogP contribution in [0.25, 0.3) is 0 Å². The van der Waals surface area contributed by atoms with Gasteiger partial charge in [-0.15, -0.1) is 0 Å². The minimum atomic E-state index is -0.953. The molecule has 10 nitrogen and oxygen atoms in total. The summed E-state index contributed by atoms with van der Waals surface area (Å²) in [5, 5.41) is 23.5. The van der Waals surface area contributed by atoms with Crippen molar-refractivity contribution in [2.45, 2.75) is 0 Å². The van der Waals surface area contributed by atoms with Gasteiger partial charge in [-0.2, -0.15) is 0 Å². The van der Waals surface area contributed by atoms with E-state index in [1.54, 1.807) is 0 Å². The SMILES string of the molecule is Nc1c([N+](=O)[O-])nn(N)c1[N+](=O)[O-]. The van der Waals surface area contributed by atoms with E-state index in [0.717, 1.165) is 0 Å². The van der Waals surface area contributed by atoms with Gasteiger partial charge in [-0.1, -0.05) is 0 Å². The first-order valence-corrected chi connectivity index (χ1v) is 2.87. The van der Waals surface area contributed by atoms with Crippen LogP contribution in [0.2, 0.25) is 0 Å². The van der Waals surface area contributed by atoms with Gasteiger partial charge in [-0.3, -0.25) is 0 Å². The van der Waals surface area contributed by atoms with Gasteiger partial charge < -0.3 is 26.0 Å². The Labute approximate surface area is 70.0 Å². The number of rotatable bonds is 2. The molecule has 1 rings (SSSR count). The average molecular weight is 188 g/mol. The monoisotopic (exact) mass is 188 g/mol. The number of hydrogen-bond donors (Lipinski definition) is 2. The highest BCUT2D eigenvalue weighted by molar-refractivity contribution is 5.65. The normalized spacial score (nSPS) is 9.85. The summed E-state index contributed by atoms with van der Waals surface area (Å²) in [6, 6.07) is 0. The Morgan fingerprint density at radius 2 is 1.85 bits per heavy atom. The molecule has 0 saturated heterocycles. The molecule has 0 aliphatic carbocycles. The number of nitrogens with zero attached hydrogens (tertiary/aromatic N) is 4. The van der Waals surface area contributed by atoms with Gasteiger partial charge in [0.2, 0.25) is 5.69 Å². The molecule has 0 atom stereocenters. The topological polar surface area (TPSA) is 156 Å². The second-order valence-corrected chi connectivity index (χ2v) is 2.02. The van der Waals surface area contributed by atoms with Gasteiger partial charge in [-0.25, -0.2) is 5.84 Å². The fourth-order valence-corrected chi connectivity index (χ4v) is 0.744. The Balaban J connectivity index is 3.39. The van der Waals surface area contributed by atoms with E-state index in [9.17, 15) is 20.2 Å². The lowest BCUT2D eigenvalue weighted by Crippen LogP contribution is -2.13. The van der Waals surface area contributed by atoms with Crippen LogP contribution in [0.1, 0.15) is 0 Å². The van der Waals surface area contributed by atoms with Crippen molar-refractivity contribution >= 4 is 17.3 Å². The number of anilines is 1. The maximum Gasteiger partial charge on any atom is 0.446 e. The van der Waals surface area contributed by atoms with Crippen LogP contribution >= 0.6 is 0 Å². The van der Waals surface area contributed by atoms with E-state index in [1.807, 2.05) is 0 Å². The molecule has 0 aliphatic heterocycles. The van der Waals surface area contributed by atoms with Gasteiger partial charge in [0.25, 0.3) is 0 Å². The molecule has 0 aliphatic rings. The number of nitrogen functional groups attached to an aromatic ring is 2. The first-order chi connectivity index (χ1) is 5.95. The largest absolute Gasteiger partial charge is 0.446 e. The van der Waals surface area contributed by atoms with Crippen molar-refractivity contribution in [2.24, 2.45) is 0 Å². The third-order valence-electron chi connectivity index (χ3n) is 1.25. The lowest BCUT2D eigenvalue weighted by molar-refractivity contribution is -0.393. The number of hydrogen-bond acceptors (Lipinski definition) is 7. The van der Waals surface area contributed by atoms with Crippen molar-refractivity contribution in [1.29, 1.82) is 0 Å². The van der Waals surface area contributed by atoms with E-state index in [2.05, 4.69) is 5.10 Å². The molecule has 0 bridgehead atoms. The van der Waals surface area contributed by atoms with Crippen LogP contribution in [0, 0.1) is 20.2 Å². The van der Waals surface area contributed by atoms with Gasteiger partial charge in [0.05, 0.1) is 4.79 Å². The molecule has 0 fully saturated rings. The van der Waals surface area contributed by atoms with Gasteiger partial charge in [0, 0.05) is 0 Å². The van der Waals surface area contributed by atoms with Crippen molar-refractivity contribution in [1.82, 2.24) is 9.89 Å². The predicted molar refractivity (Wildman–Crippen MR) is 40.1 cm³/mol. The highest BCUT2D eigenvalue weighted by Crippen LogP contribution is 2.28. The minimum Gasteiger partial charge on any atom is -0.385 e. The Bertz CT molecular complexity index is 381. The molecule has 70 valence electrons. The van der Waals surface area contributed by atoms with Crippen molar-refractivity contribution in [3.8, 4) is 0 Å². The summed E-state index contributed by atoms with van der Waals surface area (Å²) in [5.41, 5.74) is 4.40. The van der Waals surface area contributed by atoms with E-state index in [-0.39, 0.29) is 4.79 Å². The molecule has 0 saturated carbocycles. The van der Waals surface area contributed by atoms with E-state index >= 15 is 0 Å². The Hall–Kier alpha value is -2.39. The molecular weight excluding hydrogens is 184 g/mol. The van der Waals surface area contributed by atoms with Crippen molar-refractivity contribution < 1.29 is 9.85 Å². The molecular formula is C3H4N6O4. The lowest BCUT2D eigenvalue weighted by Gasteiger charge is -1.89. The van der Waals surface area contributed by atoms with Crippen LogP contribution in [-0.4, -0.2) is 19.7 Å². The molecule has 1 aromatic heterocycles. The van der Waals surface area contributed by atoms with Crippen LogP contribution in [0.4, 0.5) is 17.3 Å². The van der Waals surface area contributed by atoms with Crippen molar-refractivity contribution in [3.05, 3.63) is 20.2 Å². The minimum absolute atomic E-state index is 0.257. The quantitative estimate of drug-likeness (QED) is 0.342. The summed E-state index contributed by atoms with van der Waals surface area (Å²) in [6.07, 6.45) is 0. The van der Waals surface area contributed by atoms with Crippen LogP contribution in [0.15, 0.2) is 0 Å². The fraction of sp³-hybridized carbons (Fsp3) is 0. The molecule has 4 N–H and O–H groups in total. The summed E-state index contributed by atoms with van der Waals surface area (Å²) < 4.78 is 0. The summed E-state index contributed by atoms with van der Waals surface area (Å²) in [7, 11) is 0. The fourth-order valence-electron chi connectivity index (χ4n) is 0.744. The van der Waals surface area contributed by atoms with Crippen LogP contribution < -0.4 is 11.6 Å². The molecule has 10 heteroatoms. The van der Waals surface area contributed by atoms with E-state index in [4.69, 9.17) is 11.6 Å². The number of nitrogens with two attached hydrogens (primary N) is 2. The Morgan fingerprint density at radius 1 is 1.31 bits per heavy atom. The smallest absolute Gasteiger partial charge is 0.385 e. The van der Waals surface area contributed by atoms with Gasteiger partial charge in [0.1, 0.15) is 0 Å². The zero-order valence-corrected chi connectivity index (χ0v) is 6.08. The third kappa shape index (κ3) is 1.19. The Kier molecular flexibility index (Phi) is 1.73. The Morgan fingerprint density at radius 3 is 2.08 bits per heavy atom. The first-order valence-electron chi connectivity index (χ1n) is 2.87. The highest BCUT2D eigenvalue weighted by Gasteiger charge is 2.34. The molecule has 0 amide bonds. The van der Waals surface area contributed by atoms with Crippen LogP contribution in [0.5, 0.6) is 0 Å². The van der Waals surface area contributed by atoms with Crippen molar-refractivity contribution in [2.75, 3.05) is 11.6 Å². The molecule has 0 radical (unpaired) electrons. The maximum absolute atomic E-state index is 10.2. The number of nitro groups is 2. The van der Waals surface area contributed by atoms with Crippen LogP contribution in [0.3, 0.4) is 0 Å². The second kappa shape index (κ2) is 2.58. The van der Waals surface area contributed by atoms with Gasteiger partial charge in [0.15, 0.2) is 5.10 Å². The summed E-state index contributed by atoms with van der Waals surface area (Å²) >= 11 is 0. The zero-order chi connectivity index (χ0) is 10.2. The lowest BCUT2D eigenvalue weighted by atomic mass is 10.5. The van der Waals surface area contributed by atoms with Gasteiger partial charge >= 0.3 is 11.6 Å². The van der Waals surface area contributed by atoms with E-state index in [1.165, 1.54) is 0 Å². The second-order valence-electron chi connectivity index (χ2n) is 2.02. The molecule has 0 aromatic carbocycles. The third-order valence-corrected chi connectivity index (χ3v) is 1.25. The molecule has 1 heterocycles.